The molecule has 1 aliphatic heterocycles. The molecule has 0 aromatic carbocycles. The molecule has 0 atom stereocenters. The summed E-state index contributed by atoms with van der Waals surface area (Å²) in [6, 6.07) is 3.82. The van der Waals surface area contributed by atoms with Gasteiger partial charge in [-0.25, -0.2) is 9.97 Å². The summed E-state index contributed by atoms with van der Waals surface area (Å²) in [6.45, 7) is 3.20. The van der Waals surface area contributed by atoms with E-state index < -0.39 is 0 Å². The van der Waals surface area contributed by atoms with Crippen molar-refractivity contribution in [1.29, 1.82) is 5.26 Å². The van der Waals surface area contributed by atoms with Crippen LogP contribution in [0.15, 0.2) is 23.1 Å². The van der Waals surface area contributed by atoms with Gasteiger partial charge in [0.25, 0.3) is 0 Å². The Labute approximate surface area is 154 Å². The van der Waals surface area contributed by atoms with E-state index in [-0.39, 0.29) is 5.69 Å². The average Bonchev–Trinajstić information content (AvgIpc) is 2.64. The lowest BCUT2D eigenvalue weighted by molar-refractivity contribution is 0.226. The smallest absolute Gasteiger partial charge is 0.158 e. The van der Waals surface area contributed by atoms with Gasteiger partial charge in [0, 0.05) is 12.6 Å². The summed E-state index contributed by atoms with van der Waals surface area (Å²) in [5, 5.41) is 23.5. The van der Waals surface area contributed by atoms with Gasteiger partial charge >= 0.3 is 0 Å². The zero-order valence-electron chi connectivity index (χ0n) is 13.9. The summed E-state index contributed by atoms with van der Waals surface area (Å²) >= 11 is 3.43. The van der Waals surface area contributed by atoms with Crippen LogP contribution >= 0.6 is 15.9 Å². The van der Waals surface area contributed by atoms with Crippen LogP contribution < -0.4 is 10.6 Å². The van der Waals surface area contributed by atoms with Gasteiger partial charge in [0.2, 0.25) is 0 Å². The fourth-order valence-corrected chi connectivity index (χ4v) is 3.00. The van der Waals surface area contributed by atoms with E-state index in [9.17, 15) is 0 Å². The van der Waals surface area contributed by atoms with Crippen molar-refractivity contribution in [3.63, 3.8) is 0 Å². The van der Waals surface area contributed by atoms with Crippen molar-refractivity contribution < 1.29 is 0 Å². The van der Waals surface area contributed by atoms with E-state index in [0.29, 0.717) is 22.2 Å². The number of likely N-dealkylation sites (tertiary alicyclic amines) is 1. The first kappa shape index (κ1) is 17.5. The molecule has 1 aliphatic rings. The van der Waals surface area contributed by atoms with E-state index in [2.05, 4.69) is 58.7 Å². The summed E-state index contributed by atoms with van der Waals surface area (Å²) in [7, 11) is 2.16. The molecule has 3 heterocycles. The van der Waals surface area contributed by atoms with Crippen molar-refractivity contribution >= 4 is 33.3 Å². The molecule has 0 radical (unpaired) electrons. The van der Waals surface area contributed by atoms with Crippen LogP contribution in [0.3, 0.4) is 0 Å². The largest absolute Gasteiger partial charge is 0.382 e. The lowest BCUT2D eigenvalue weighted by Crippen LogP contribution is -2.33. The predicted octanol–water partition coefficient (Wildman–Crippen LogP) is 2.40. The van der Waals surface area contributed by atoms with Crippen molar-refractivity contribution in [2.45, 2.75) is 12.8 Å². The van der Waals surface area contributed by atoms with Gasteiger partial charge in [-0.05, 0) is 54.8 Å². The fourth-order valence-electron chi connectivity index (χ4n) is 2.66. The van der Waals surface area contributed by atoms with Crippen molar-refractivity contribution in [1.82, 2.24) is 25.1 Å². The maximum absolute atomic E-state index is 8.75. The van der Waals surface area contributed by atoms with E-state index in [1.54, 1.807) is 0 Å². The van der Waals surface area contributed by atoms with Gasteiger partial charge in [0.15, 0.2) is 16.1 Å². The second-order valence-corrected chi connectivity index (χ2v) is 6.84. The zero-order chi connectivity index (χ0) is 17.6. The van der Waals surface area contributed by atoms with E-state index in [1.807, 2.05) is 12.1 Å². The second kappa shape index (κ2) is 8.18. The normalized spacial score (nSPS) is 15.6. The summed E-state index contributed by atoms with van der Waals surface area (Å²) in [6.07, 6.45) is 5.30. The minimum Gasteiger partial charge on any atom is -0.382 e. The molecule has 3 rings (SSSR count). The lowest BCUT2D eigenvalue weighted by Gasteiger charge is -2.29. The highest BCUT2D eigenvalue weighted by Crippen LogP contribution is 2.24. The van der Waals surface area contributed by atoms with Gasteiger partial charge in [-0.15, -0.1) is 10.2 Å². The molecule has 1 saturated heterocycles. The first-order chi connectivity index (χ1) is 12.1. The minimum atomic E-state index is 0.271. The van der Waals surface area contributed by atoms with Crippen LogP contribution in [-0.2, 0) is 0 Å². The Hall–Kier alpha value is -2.31. The number of nitrogens with zero attached hydrogens (tertiary/aromatic N) is 6. The number of nitrogens with one attached hydrogen (secondary N) is 2. The Balaban J connectivity index is 1.62. The van der Waals surface area contributed by atoms with Crippen LogP contribution in [0.4, 0.5) is 17.3 Å². The number of aromatic nitrogens is 4. The highest BCUT2D eigenvalue weighted by Gasteiger charge is 2.17. The van der Waals surface area contributed by atoms with E-state index in [4.69, 9.17) is 5.26 Å². The van der Waals surface area contributed by atoms with Crippen LogP contribution in [0.1, 0.15) is 18.5 Å². The molecule has 1 fully saturated rings. The quantitative estimate of drug-likeness (QED) is 0.785. The molecule has 130 valence electrons. The van der Waals surface area contributed by atoms with Gasteiger partial charge in [0.1, 0.15) is 11.9 Å². The molecule has 0 aliphatic carbocycles. The molecule has 2 aromatic heterocycles. The maximum Gasteiger partial charge on any atom is 0.158 e. The zero-order valence-corrected chi connectivity index (χ0v) is 15.5. The molecule has 2 N–H and O–H groups in total. The first-order valence-corrected chi connectivity index (χ1v) is 8.88. The van der Waals surface area contributed by atoms with Gasteiger partial charge < -0.3 is 15.5 Å². The third-order valence-corrected chi connectivity index (χ3v) is 4.78. The summed E-state index contributed by atoms with van der Waals surface area (Å²) in [5.74, 6) is 1.74. The first-order valence-electron chi connectivity index (χ1n) is 8.09. The van der Waals surface area contributed by atoms with E-state index >= 15 is 0 Å². The number of hydrogen-bond acceptors (Lipinski definition) is 8. The van der Waals surface area contributed by atoms with Crippen molar-refractivity contribution in [2.24, 2.45) is 5.92 Å². The lowest BCUT2D eigenvalue weighted by atomic mass is 9.97. The molecular weight excluding hydrogens is 384 g/mol. The molecule has 0 bridgehead atoms. The predicted molar refractivity (Wildman–Crippen MR) is 98.5 cm³/mol. The second-order valence-electron chi connectivity index (χ2n) is 6.09. The SMILES string of the molecule is CN1CCC(CNc2cc(Nc3cnc(C#N)cn3)nnc2Br)CC1. The highest BCUT2D eigenvalue weighted by molar-refractivity contribution is 9.10. The molecule has 2 aromatic rings. The van der Waals surface area contributed by atoms with Crippen LogP contribution in [0.5, 0.6) is 0 Å². The van der Waals surface area contributed by atoms with Crippen molar-refractivity contribution in [3.8, 4) is 6.07 Å². The third-order valence-electron chi connectivity index (χ3n) is 4.19. The van der Waals surface area contributed by atoms with Crippen LogP contribution in [0.25, 0.3) is 0 Å². The van der Waals surface area contributed by atoms with Crippen molar-refractivity contribution in [3.05, 3.63) is 28.8 Å². The van der Waals surface area contributed by atoms with Crippen LogP contribution in [0, 0.1) is 17.2 Å². The number of piperidine rings is 1. The number of halogens is 1. The summed E-state index contributed by atoms with van der Waals surface area (Å²) in [4.78, 5) is 10.5. The van der Waals surface area contributed by atoms with Gasteiger partial charge in [0.05, 0.1) is 18.1 Å². The number of hydrogen-bond donors (Lipinski definition) is 2. The highest BCUT2D eigenvalue weighted by atomic mass is 79.9. The summed E-state index contributed by atoms with van der Waals surface area (Å²) in [5.41, 5.74) is 1.16. The van der Waals surface area contributed by atoms with E-state index in [0.717, 1.165) is 25.3 Å². The number of anilines is 3. The molecule has 25 heavy (non-hydrogen) atoms. The third kappa shape index (κ3) is 4.84. The summed E-state index contributed by atoms with van der Waals surface area (Å²) < 4.78 is 0.678. The Morgan fingerprint density at radius 2 is 2.04 bits per heavy atom. The Morgan fingerprint density at radius 1 is 1.24 bits per heavy atom. The van der Waals surface area contributed by atoms with Crippen LogP contribution in [0.2, 0.25) is 0 Å². The minimum absolute atomic E-state index is 0.271. The van der Waals surface area contributed by atoms with Gasteiger partial charge in [-0.1, -0.05) is 0 Å². The Bertz CT molecular complexity index is 750. The Kier molecular flexibility index (Phi) is 5.73. The molecule has 8 nitrogen and oxygen atoms in total. The number of nitriles is 1. The Morgan fingerprint density at radius 3 is 2.72 bits per heavy atom. The van der Waals surface area contributed by atoms with Gasteiger partial charge in [-0.2, -0.15) is 5.26 Å². The number of rotatable bonds is 5. The topological polar surface area (TPSA) is 103 Å². The van der Waals surface area contributed by atoms with Crippen molar-refractivity contribution in [2.75, 3.05) is 37.3 Å². The maximum atomic E-state index is 8.75. The molecule has 0 amide bonds. The van der Waals surface area contributed by atoms with Crippen LogP contribution in [-0.4, -0.2) is 51.7 Å². The molecule has 9 heteroatoms. The van der Waals surface area contributed by atoms with Gasteiger partial charge in [-0.3, -0.25) is 0 Å². The fraction of sp³-hybridized carbons (Fsp3) is 0.438. The standard InChI is InChI=1S/C16H19BrN8/c1-25-4-2-11(3-5-25)8-20-13-6-14(23-24-16(13)17)22-15-10-19-12(7-18)9-21-15/h6,9-11H,2-5,8H2,1H3,(H2,20,21,22,23). The van der Waals surface area contributed by atoms with E-state index in [1.165, 1.54) is 25.2 Å². The molecule has 0 saturated carbocycles. The molecular formula is C16H19BrN8. The average molecular weight is 403 g/mol. The molecule has 0 unspecified atom stereocenters. The molecule has 0 spiro atoms. The monoisotopic (exact) mass is 402 g/mol.